The summed E-state index contributed by atoms with van der Waals surface area (Å²) in [5, 5.41) is 8.94. The summed E-state index contributed by atoms with van der Waals surface area (Å²) in [5.41, 5.74) is 1.25. The number of carbonyl (C=O) groups is 2. The van der Waals surface area contributed by atoms with Crippen molar-refractivity contribution in [3.8, 4) is 11.8 Å². The number of aliphatic hydroxyl groups is 1. The van der Waals surface area contributed by atoms with Crippen molar-refractivity contribution in [2.24, 2.45) is 0 Å². The van der Waals surface area contributed by atoms with E-state index in [2.05, 4.69) is 16.8 Å². The molecule has 10 heteroatoms. The highest BCUT2D eigenvalue weighted by molar-refractivity contribution is 5.90. The van der Waals surface area contributed by atoms with Crippen LogP contribution < -0.4 is 11.2 Å². The minimum atomic E-state index is -0.938. The Morgan fingerprint density at radius 2 is 1.64 bits per heavy atom. The molecule has 4 rings (SSSR count). The van der Waals surface area contributed by atoms with Crippen molar-refractivity contribution in [3.63, 3.8) is 0 Å². The first-order valence-corrected chi connectivity index (χ1v) is 12.4. The Morgan fingerprint density at radius 3 is 2.26 bits per heavy atom. The van der Waals surface area contributed by atoms with Crippen LogP contribution in [0.5, 0.6) is 0 Å². The lowest BCUT2D eigenvalue weighted by atomic mass is 10.1. The van der Waals surface area contributed by atoms with E-state index in [-0.39, 0.29) is 31.6 Å². The first-order valence-electron chi connectivity index (χ1n) is 12.4. The van der Waals surface area contributed by atoms with Crippen LogP contribution >= 0.6 is 0 Å². The zero-order valence-corrected chi connectivity index (χ0v) is 21.5. The quantitative estimate of drug-likeness (QED) is 0.349. The largest absolute Gasteiger partial charge is 0.459 e. The van der Waals surface area contributed by atoms with Gasteiger partial charge in [-0.2, -0.15) is 0 Å². The van der Waals surface area contributed by atoms with Gasteiger partial charge in [-0.1, -0.05) is 47.2 Å². The van der Waals surface area contributed by atoms with Gasteiger partial charge >= 0.3 is 17.6 Å². The van der Waals surface area contributed by atoms with E-state index in [1.165, 1.54) is 6.20 Å². The van der Waals surface area contributed by atoms with Crippen LogP contribution in [0.4, 0.5) is 0 Å². The van der Waals surface area contributed by atoms with Crippen LogP contribution in [0.3, 0.4) is 0 Å². The van der Waals surface area contributed by atoms with Gasteiger partial charge < -0.3 is 19.3 Å². The molecule has 2 aromatic carbocycles. The van der Waals surface area contributed by atoms with Crippen LogP contribution in [0, 0.1) is 25.7 Å². The summed E-state index contributed by atoms with van der Waals surface area (Å²) in [7, 11) is 0. The number of aromatic nitrogens is 2. The van der Waals surface area contributed by atoms with E-state index in [9.17, 15) is 19.2 Å². The molecule has 3 aromatic rings. The number of ether oxygens (including phenoxy) is 3. The number of aryl methyl sites for hydroxylation is 2. The molecule has 1 aromatic heterocycles. The van der Waals surface area contributed by atoms with Crippen LogP contribution in [-0.4, -0.2) is 52.0 Å². The molecule has 1 fully saturated rings. The molecule has 2 N–H and O–H groups in total. The molecule has 39 heavy (non-hydrogen) atoms. The smallest absolute Gasteiger partial charge is 0.338 e. The van der Waals surface area contributed by atoms with Crippen LogP contribution in [0.1, 0.15) is 56.5 Å². The monoisotopic (exact) mass is 532 g/mol. The fraction of sp³-hybridized carbons (Fsp3) is 0.310. The van der Waals surface area contributed by atoms with Gasteiger partial charge in [0.25, 0.3) is 5.56 Å². The van der Waals surface area contributed by atoms with Gasteiger partial charge in [0.1, 0.15) is 30.6 Å². The number of benzene rings is 2. The zero-order valence-electron chi connectivity index (χ0n) is 21.5. The number of rotatable bonds is 7. The maximum Gasteiger partial charge on any atom is 0.338 e. The molecule has 10 nitrogen and oxygen atoms in total. The molecule has 0 unspecified atom stereocenters. The Labute approximate surface area is 224 Å². The minimum Gasteiger partial charge on any atom is -0.459 e. The summed E-state index contributed by atoms with van der Waals surface area (Å²) >= 11 is 0. The van der Waals surface area contributed by atoms with Gasteiger partial charge in [0.05, 0.1) is 17.7 Å². The molecule has 3 atom stereocenters. The maximum absolute atomic E-state index is 12.9. The van der Waals surface area contributed by atoms with Crippen molar-refractivity contribution in [1.29, 1.82) is 0 Å². The van der Waals surface area contributed by atoms with E-state index in [0.29, 0.717) is 11.1 Å². The lowest BCUT2D eigenvalue weighted by Gasteiger charge is -2.19. The highest BCUT2D eigenvalue weighted by Crippen LogP contribution is 2.31. The van der Waals surface area contributed by atoms with Crippen molar-refractivity contribution in [1.82, 2.24) is 9.55 Å². The van der Waals surface area contributed by atoms with Gasteiger partial charge in [-0.15, -0.1) is 0 Å². The van der Waals surface area contributed by atoms with Crippen molar-refractivity contribution >= 4 is 11.9 Å². The maximum atomic E-state index is 12.9. The normalized spacial score (nSPS) is 18.2. The molecule has 1 aliphatic rings. The zero-order chi connectivity index (χ0) is 27.9. The predicted molar refractivity (Wildman–Crippen MR) is 140 cm³/mol. The summed E-state index contributed by atoms with van der Waals surface area (Å²) in [4.78, 5) is 52.5. The fourth-order valence-corrected chi connectivity index (χ4v) is 3.97. The van der Waals surface area contributed by atoms with E-state index in [0.717, 1.165) is 15.7 Å². The number of carbonyl (C=O) groups excluding carboxylic acids is 2. The number of aromatic amines is 1. The van der Waals surface area contributed by atoms with Crippen LogP contribution in [-0.2, 0) is 14.2 Å². The molecule has 1 aliphatic heterocycles. The Kier molecular flexibility index (Phi) is 8.76. The van der Waals surface area contributed by atoms with E-state index in [4.69, 9.17) is 19.3 Å². The number of aliphatic hydroxyl groups excluding tert-OH is 1. The molecule has 0 amide bonds. The molecule has 0 radical (unpaired) electrons. The van der Waals surface area contributed by atoms with E-state index >= 15 is 0 Å². The standard InChI is InChI=1S/C29H28N2O8/c1-18-6-10-20(11-7-18)27(34)37-17-24-23(39-28(35)21-12-8-19(2)9-13-21)15-25(38-24)31-16-22(5-3-4-14-32)26(33)30-29(31)36/h6-13,16,23-25,32H,4,14-15,17H2,1-2H3,(H,30,33,36)/t23-,24+,25+/m0/s1. The van der Waals surface area contributed by atoms with Gasteiger partial charge in [0, 0.05) is 19.0 Å². The molecule has 0 aliphatic carbocycles. The number of esters is 2. The number of hydrogen-bond acceptors (Lipinski definition) is 8. The van der Waals surface area contributed by atoms with Crippen LogP contribution in [0.25, 0.3) is 0 Å². The molecule has 0 saturated carbocycles. The first-order chi connectivity index (χ1) is 18.7. The van der Waals surface area contributed by atoms with Gasteiger partial charge in [-0.25, -0.2) is 14.4 Å². The van der Waals surface area contributed by atoms with E-state index in [1.807, 2.05) is 13.8 Å². The van der Waals surface area contributed by atoms with Crippen molar-refractivity contribution in [3.05, 3.63) is 103 Å². The second-order valence-corrected chi connectivity index (χ2v) is 9.12. The topological polar surface area (TPSA) is 137 Å². The lowest BCUT2D eigenvalue weighted by Crippen LogP contribution is -2.34. The summed E-state index contributed by atoms with van der Waals surface area (Å²) in [6.45, 7) is 3.38. The molecule has 2 heterocycles. The molecule has 0 spiro atoms. The Balaban J connectivity index is 1.56. The van der Waals surface area contributed by atoms with Crippen LogP contribution in [0.15, 0.2) is 64.3 Å². The Morgan fingerprint density at radius 1 is 1.03 bits per heavy atom. The van der Waals surface area contributed by atoms with Crippen molar-refractivity contribution in [2.75, 3.05) is 13.2 Å². The third kappa shape index (κ3) is 6.90. The number of hydrogen-bond donors (Lipinski definition) is 2. The summed E-state index contributed by atoms with van der Waals surface area (Å²) in [6.07, 6.45) is -1.22. The fourth-order valence-electron chi connectivity index (χ4n) is 3.97. The average Bonchev–Trinajstić information content (AvgIpc) is 3.31. The third-order valence-electron chi connectivity index (χ3n) is 6.13. The van der Waals surface area contributed by atoms with Gasteiger partial charge in [-0.05, 0) is 38.1 Å². The predicted octanol–water partition coefficient (Wildman–Crippen LogP) is 2.26. The molecule has 202 valence electrons. The summed E-state index contributed by atoms with van der Waals surface area (Å²) in [6, 6.07) is 13.7. The first kappa shape index (κ1) is 27.6. The molecular weight excluding hydrogens is 504 g/mol. The number of nitrogens with one attached hydrogen (secondary N) is 1. The van der Waals surface area contributed by atoms with Gasteiger partial charge in [0.15, 0.2) is 0 Å². The average molecular weight is 533 g/mol. The van der Waals surface area contributed by atoms with Gasteiger partial charge in [0.2, 0.25) is 0 Å². The SMILES string of the molecule is Cc1ccc(C(=O)OC[C@H]2O[C@@H](n3cc(C#CCCO)c(=O)[nH]c3=O)C[C@@H]2OC(=O)c2ccc(C)cc2)cc1. The Hall–Kier alpha value is -4.46. The third-order valence-corrected chi connectivity index (χ3v) is 6.13. The van der Waals surface area contributed by atoms with E-state index in [1.54, 1.807) is 48.5 Å². The molecule has 1 saturated heterocycles. The second-order valence-electron chi connectivity index (χ2n) is 9.12. The lowest BCUT2D eigenvalue weighted by molar-refractivity contribution is -0.0582. The van der Waals surface area contributed by atoms with Crippen molar-refractivity contribution < 1.29 is 28.9 Å². The van der Waals surface area contributed by atoms with Crippen LogP contribution in [0.2, 0.25) is 0 Å². The minimum absolute atomic E-state index is 0.00842. The number of nitrogens with zero attached hydrogens (tertiary/aromatic N) is 1. The summed E-state index contributed by atoms with van der Waals surface area (Å²) < 4.78 is 18.4. The molecular formula is C29H28N2O8. The second kappa shape index (κ2) is 12.4. The van der Waals surface area contributed by atoms with E-state index < -0.39 is 41.6 Å². The van der Waals surface area contributed by atoms with Gasteiger partial charge in [-0.3, -0.25) is 14.3 Å². The molecule has 0 bridgehead atoms. The highest BCUT2D eigenvalue weighted by atomic mass is 16.6. The Bertz CT molecular complexity index is 1510. The summed E-state index contributed by atoms with van der Waals surface area (Å²) in [5.74, 6) is 4.10. The number of H-pyrrole nitrogens is 1. The highest BCUT2D eigenvalue weighted by Gasteiger charge is 2.40. The van der Waals surface area contributed by atoms with Crippen molar-refractivity contribution in [2.45, 2.75) is 45.1 Å².